The van der Waals surface area contributed by atoms with Crippen LogP contribution in [0.3, 0.4) is 0 Å². The topological polar surface area (TPSA) is 30.2 Å². The van der Waals surface area contributed by atoms with E-state index in [9.17, 15) is 9.18 Å². The molecular weight excluding hydrogens is 275 g/mol. The summed E-state index contributed by atoms with van der Waals surface area (Å²) in [6, 6.07) is 5.96. The molecule has 1 heterocycles. The standard InChI is InChI=1S/C12H8BrFO2/c13-10-6-9(1-2-11(10)14)12(15)5-8-3-4-16-7-8/h1-4,6-7H,5H2. The van der Waals surface area contributed by atoms with Gasteiger partial charge in [0.2, 0.25) is 0 Å². The van der Waals surface area contributed by atoms with Gasteiger partial charge < -0.3 is 4.42 Å². The molecule has 0 saturated carbocycles. The number of carbonyl (C=O) groups is 1. The number of halogens is 2. The van der Waals surface area contributed by atoms with Crippen molar-refractivity contribution < 1.29 is 13.6 Å². The number of rotatable bonds is 3. The Morgan fingerprint density at radius 2 is 2.19 bits per heavy atom. The van der Waals surface area contributed by atoms with Gasteiger partial charge in [-0.05, 0) is 45.8 Å². The molecule has 2 aromatic rings. The van der Waals surface area contributed by atoms with Gasteiger partial charge in [0, 0.05) is 12.0 Å². The first-order valence-corrected chi connectivity index (χ1v) is 5.45. The number of hydrogen-bond acceptors (Lipinski definition) is 2. The van der Waals surface area contributed by atoms with Gasteiger partial charge in [-0.25, -0.2) is 4.39 Å². The summed E-state index contributed by atoms with van der Waals surface area (Å²) in [6.07, 6.45) is 3.30. The largest absolute Gasteiger partial charge is 0.472 e. The van der Waals surface area contributed by atoms with Gasteiger partial charge in [0.25, 0.3) is 0 Å². The first kappa shape index (κ1) is 11.1. The van der Waals surface area contributed by atoms with E-state index in [4.69, 9.17) is 4.42 Å². The third kappa shape index (κ3) is 2.39. The van der Waals surface area contributed by atoms with Crippen molar-refractivity contribution in [2.24, 2.45) is 0 Å². The highest BCUT2D eigenvalue weighted by molar-refractivity contribution is 9.10. The molecule has 0 atom stereocenters. The maximum absolute atomic E-state index is 13.0. The highest BCUT2D eigenvalue weighted by atomic mass is 79.9. The molecule has 16 heavy (non-hydrogen) atoms. The van der Waals surface area contributed by atoms with E-state index in [1.165, 1.54) is 30.7 Å². The van der Waals surface area contributed by atoms with Crippen LogP contribution in [0.5, 0.6) is 0 Å². The van der Waals surface area contributed by atoms with Crippen LogP contribution in [0.15, 0.2) is 45.7 Å². The average Bonchev–Trinajstić information content (AvgIpc) is 2.74. The summed E-state index contributed by atoms with van der Waals surface area (Å²) >= 11 is 3.05. The zero-order chi connectivity index (χ0) is 11.5. The minimum atomic E-state index is -0.375. The SMILES string of the molecule is O=C(Cc1ccoc1)c1ccc(F)c(Br)c1. The Morgan fingerprint density at radius 3 is 2.81 bits per heavy atom. The normalized spacial score (nSPS) is 10.4. The predicted octanol–water partition coefficient (Wildman–Crippen LogP) is 3.61. The Kier molecular flexibility index (Phi) is 3.19. The molecular formula is C12H8BrFO2. The monoisotopic (exact) mass is 282 g/mol. The van der Waals surface area contributed by atoms with Crippen molar-refractivity contribution in [2.75, 3.05) is 0 Å². The summed E-state index contributed by atoms with van der Waals surface area (Å²) in [6.45, 7) is 0. The van der Waals surface area contributed by atoms with Gasteiger partial charge in [0.05, 0.1) is 17.0 Å². The van der Waals surface area contributed by atoms with Gasteiger partial charge in [-0.2, -0.15) is 0 Å². The lowest BCUT2D eigenvalue weighted by Gasteiger charge is -2.00. The van der Waals surface area contributed by atoms with Crippen LogP contribution in [0.25, 0.3) is 0 Å². The molecule has 0 amide bonds. The Bertz CT molecular complexity index is 506. The summed E-state index contributed by atoms with van der Waals surface area (Å²) < 4.78 is 18.1. The van der Waals surface area contributed by atoms with E-state index in [1.54, 1.807) is 6.07 Å². The number of Topliss-reactive ketones (excluding diaryl/α,β-unsaturated/α-hetero) is 1. The number of hydrogen-bond donors (Lipinski definition) is 0. The Morgan fingerprint density at radius 1 is 1.38 bits per heavy atom. The molecule has 0 unspecified atom stereocenters. The fourth-order valence-electron chi connectivity index (χ4n) is 1.35. The van der Waals surface area contributed by atoms with Crippen molar-refractivity contribution in [1.82, 2.24) is 0 Å². The zero-order valence-electron chi connectivity index (χ0n) is 8.24. The highest BCUT2D eigenvalue weighted by Crippen LogP contribution is 2.18. The fourth-order valence-corrected chi connectivity index (χ4v) is 1.73. The van der Waals surface area contributed by atoms with Crippen LogP contribution in [0.1, 0.15) is 15.9 Å². The number of benzene rings is 1. The minimum absolute atomic E-state index is 0.0675. The third-order valence-corrected chi connectivity index (χ3v) is 2.79. The second kappa shape index (κ2) is 4.61. The quantitative estimate of drug-likeness (QED) is 0.805. The molecule has 0 spiro atoms. The average molecular weight is 283 g/mol. The maximum Gasteiger partial charge on any atom is 0.167 e. The van der Waals surface area contributed by atoms with Crippen molar-refractivity contribution in [3.05, 3.63) is 58.2 Å². The summed E-state index contributed by atoms with van der Waals surface area (Å²) in [5.74, 6) is -0.443. The van der Waals surface area contributed by atoms with Crippen LogP contribution in [0.2, 0.25) is 0 Å². The summed E-state index contributed by atoms with van der Waals surface area (Å²) in [5, 5.41) is 0. The second-order valence-electron chi connectivity index (χ2n) is 3.36. The van der Waals surface area contributed by atoms with E-state index >= 15 is 0 Å². The molecule has 0 aliphatic rings. The first-order chi connectivity index (χ1) is 7.66. The predicted molar refractivity (Wildman–Crippen MR) is 60.8 cm³/mol. The molecule has 0 saturated heterocycles. The van der Waals surface area contributed by atoms with Crippen LogP contribution in [0.4, 0.5) is 4.39 Å². The van der Waals surface area contributed by atoms with E-state index < -0.39 is 0 Å². The molecule has 1 aromatic carbocycles. The van der Waals surface area contributed by atoms with E-state index in [0.29, 0.717) is 10.0 Å². The summed E-state index contributed by atoms with van der Waals surface area (Å²) in [5.41, 5.74) is 1.29. The zero-order valence-corrected chi connectivity index (χ0v) is 9.83. The van der Waals surface area contributed by atoms with Gasteiger partial charge in [0.1, 0.15) is 5.82 Å². The lowest BCUT2D eigenvalue weighted by molar-refractivity contribution is 0.0992. The van der Waals surface area contributed by atoms with Gasteiger partial charge in [-0.3, -0.25) is 4.79 Å². The molecule has 0 N–H and O–H groups in total. The molecule has 0 radical (unpaired) electrons. The molecule has 0 aliphatic heterocycles. The molecule has 0 bridgehead atoms. The fraction of sp³-hybridized carbons (Fsp3) is 0.0833. The van der Waals surface area contributed by atoms with Crippen LogP contribution in [-0.4, -0.2) is 5.78 Å². The molecule has 1 aromatic heterocycles. The molecule has 4 heteroatoms. The summed E-state index contributed by atoms with van der Waals surface area (Å²) in [4.78, 5) is 11.8. The smallest absolute Gasteiger partial charge is 0.167 e. The Hall–Kier alpha value is -1.42. The van der Waals surface area contributed by atoms with Crippen molar-refractivity contribution in [3.8, 4) is 0 Å². The lowest BCUT2D eigenvalue weighted by atomic mass is 10.1. The molecule has 82 valence electrons. The maximum atomic E-state index is 13.0. The van der Waals surface area contributed by atoms with Gasteiger partial charge in [-0.1, -0.05) is 0 Å². The minimum Gasteiger partial charge on any atom is -0.472 e. The van der Waals surface area contributed by atoms with Crippen molar-refractivity contribution in [3.63, 3.8) is 0 Å². The molecule has 0 fully saturated rings. The highest BCUT2D eigenvalue weighted by Gasteiger charge is 2.09. The van der Waals surface area contributed by atoms with Gasteiger partial charge >= 0.3 is 0 Å². The Labute approximate surface area is 100 Å². The van der Waals surface area contributed by atoms with Gasteiger partial charge in [0.15, 0.2) is 5.78 Å². The van der Waals surface area contributed by atoms with Crippen molar-refractivity contribution >= 4 is 21.7 Å². The molecule has 0 aliphatic carbocycles. The van der Waals surface area contributed by atoms with Crippen molar-refractivity contribution in [1.29, 1.82) is 0 Å². The summed E-state index contributed by atoms with van der Waals surface area (Å²) in [7, 11) is 0. The number of carbonyl (C=O) groups excluding carboxylic acids is 1. The van der Waals surface area contributed by atoms with E-state index in [2.05, 4.69) is 15.9 Å². The van der Waals surface area contributed by atoms with Crippen molar-refractivity contribution in [2.45, 2.75) is 6.42 Å². The number of furan rings is 1. The lowest BCUT2D eigenvalue weighted by Crippen LogP contribution is -2.03. The van der Waals surface area contributed by atoms with Crippen LogP contribution < -0.4 is 0 Å². The number of ketones is 1. The van der Waals surface area contributed by atoms with E-state index in [0.717, 1.165) is 5.56 Å². The van der Waals surface area contributed by atoms with Crippen LogP contribution in [0, 0.1) is 5.82 Å². The molecule has 2 nitrogen and oxygen atoms in total. The molecule has 2 rings (SSSR count). The van der Waals surface area contributed by atoms with Gasteiger partial charge in [-0.15, -0.1) is 0 Å². The van der Waals surface area contributed by atoms with Crippen LogP contribution in [-0.2, 0) is 6.42 Å². The second-order valence-corrected chi connectivity index (χ2v) is 4.21. The van der Waals surface area contributed by atoms with E-state index in [-0.39, 0.29) is 18.0 Å². The third-order valence-electron chi connectivity index (χ3n) is 2.19. The Balaban J connectivity index is 2.18. The first-order valence-electron chi connectivity index (χ1n) is 4.66. The van der Waals surface area contributed by atoms with Crippen LogP contribution >= 0.6 is 15.9 Å². The van der Waals surface area contributed by atoms with E-state index in [1.807, 2.05) is 0 Å².